The van der Waals surface area contributed by atoms with Crippen molar-refractivity contribution in [3.8, 4) is 5.75 Å². The van der Waals surface area contributed by atoms with Crippen LogP contribution in [0.2, 0.25) is 0 Å². The minimum Gasteiger partial charge on any atom is -0.491 e. The van der Waals surface area contributed by atoms with E-state index in [4.69, 9.17) is 9.47 Å². The minimum absolute atomic E-state index is 0.103. The summed E-state index contributed by atoms with van der Waals surface area (Å²) in [6.45, 7) is 4.43. The molecule has 1 saturated heterocycles. The fraction of sp³-hybridized carbons (Fsp3) is 0.417. The Bertz CT molecular complexity index is 390. The summed E-state index contributed by atoms with van der Waals surface area (Å²) in [6, 6.07) is 7.63. The molecule has 4 heteroatoms. The highest BCUT2D eigenvalue weighted by Gasteiger charge is 2.26. The zero-order chi connectivity index (χ0) is 11.5. The van der Waals surface area contributed by atoms with Crippen LogP contribution in [-0.2, 0) is 4.74 Å². The lowest BCUT2D eigenvalue weighted by Gasteiger charge is -2.16. The molecule has 1 fully saturated rings. The quantitative estimate of drug-likeness (QED) is 0.851. The third-order valence-corrected chi connectivity index (χ3v) is 2.31. The fourth-order valence-corrected chi connectivity index (χ4v) is 1.67. The standard InChI is InChI=1S/C12H15NO3/c1-8(2)15-10-6-4-3-5-9(10)11-7-13-12(14)16-11/h3-6,8,11H,7H2,1-2H3,(H,13,14). The molecule has 1 aliphatic rings. The van der Waals surface area contributed by atoms with Gasteiger partial charge in [0.05, 0.1) is 12.6 Å². The van der Waals surface area contributed by atoms with Gasteiger partial charge >= 0.3 is 6.09 Å². The van der Waals surface area contributed by atoms with Gasteiger partial charge in [0, 0.05) is 5.56 Å². The Morgan fingerprint density at radius 2 is 2.19 bits per heavy atom. The number of alkyl carbamates (subject to hydrolysis) is 1. The lowest BCUT2D eigenvalue weighted by Crippen LogP contribution is -2.13. The van der Waals surface area contributed by atoms with E-state index in [9.17, 15) is 4.79 Å². The number of amides is 1. The number of rotatable bonds is 3. The lowest BCUT2D eigenvalue weighted by atomic mass is 10.1. The molecule has 1 heterocycles. The van der Waals surface area contributed by atoms with Crippen LogP contribution in [0.1, 0.15) is 25.5 Å². The molecule has 0 spiro atoms. The molecule has 0 saturated carbocycles. The topological polar surface area (TPSA) is 47.6 Å². The summed E-state index contributed by atoms with van der Waals surface area (Å²) < 4.78 is 10.8. The molecule has 1 N–H and O–H groups in total. The van der Waals surface area contributed by atoms with Gasteiger partial charge in [-0.15, -0.1) is 0 Å². The highest BCUT2D eigenvalue weighted by atomic mass is 16.6. The van der Waals surface area contributed by atoms with Gasteiger partial charge in [-0.1, -0.05) is 18.2 Å². The van der Waals surface area contributed by atoms with E-state index in [1.165, 1.54) is 0 Å². The van der Waals surface area contributed by atoms with Gasteiger partial charge in [-0.25, -0.2) is 4.79 Å². The maximum atomic E-state index is 11.0. The molecule has 0 radical (unpaired) electrons. The van der Waals surface area contributed by atoms with Crippen molar-refractivity contribution in [3.05, 3.63) is 29.8 Å². The molecule has 1 atom stereocenters. The Hall–Kier alpha value is -1.71. The molecule has 16 heavy (non-hydrogen) atoms. The number of hydrogen-bond donors (Lipinski definition) is 1. The van der Waals surface area contributed by atoms with Crippen LogP contribution in [0.25, 0.3) is 0 Å². The highest BCUT2D eigenvalue weighted by molar-refractivity contribution is 5.70. The number of carbonyl (C=O) groups is 1. The van der Waals surface area contributed by atoms with Crippen molar-refractivity contribution >= 4 is 6.09 Å². The van der Waals surface area contributed by atoms with Crippen LogP contribution in [0.15, 0.2) is 24.3 Å². The molecule has 1 aromatic carbocycles. The lowest BCUT2D eigenvalue weighted by molar-refractivity contribution is 0.137. The van der Waals surface area contributed by atoms with E-state index in [-0.39, 0.29) is 18.3 Å². The van der Waals surface area contributed by atoms with Crippen molar-refractivity contribution in [2.45, 2.75) is 26.1 Å². The van der Waals surface area contributed by atoms with Gasteiger partial charge in [-0.05, 0) is 19.9 Å². The van der Waals surface area contributed by atoms with Crippen LogP contribution >= 0.6 is 0 Å². The van der Waals surface area contributed by atoms with Gasteiger partial charge < -0.3 is 14.8 Å². The second-order valence-corrected chi connectivity index (χ2v) is 3.98. The summed E-state index contributed by atoms with van der Waals surface area (Å²) in [5.74, 6) is 0.777. The van der Waals surface area contributed by atoms with E-state index >= 15 is 0 Å². The molecule has 1 amide bonds. The van der Waals surface area contributed by atoms with Gasteiger partial charge in [-0.3, -0.25) is 0 Å². The maximum Gasteiger partial charge on any atom is 0.407 e. The summed E-state index contributed by atoms with van der Waals surface area (Å²) >= 11 is 0. The summed E-state index contributed by atoms with van der Waals surface area (Å²) in [6.07, 6.45) is -0.516. The highest BCUT2D eigenvalue weighted by Crippen LogP contribution is 2.29. The number of benzene rings is 1. The first kappa shape index (κ1) is 10.8. The number of hydrogen-bond acceptors (Lipinski definition) is 3. The third-order valence-electron chi connectivity index (χ3n) is 2.31. The van der Waals surface area contributed by atoms with Crippen LogP contribution in [0.3, 0.4) is 0 Å². The fourth-order valence-electron chi connectivity index (χ4n) is 1.67. The van der Waals surface area contributed by atoms with Crippen molar-refractivity contribution in [1.82, 2.24) is 5.32 Å². The Morgan fingerprint density at radius 1 is 1.44 bits per heavy atom. The average Bonchev–Trinajstić information content (AvgIpc) is 2.65. The van der Waals surface area contributed by atoms with Gasteiger partial charge in [0.2, 0.25) is 0 Å². The normalized spacial score (nSPS) is 19.4. The Kier molecular flexibility index (Phi) is 2.99. The first-order valence-electron chi connectivity index (χ1n) is 5.37. The molecule has 0 bridgehead atoms. The van der Waals surface area contributed by atoms with E-state index in [0.29, 0.717) is 6.54 Å². The Labute approximate surface area is 94.6 Å². The molecular weight excluding hydrogens is 206 g/mol. The second kappa shape index (κ2) is 4.43. The van der Waals surface area contributed by atoms with Crippen molar-refractivity contribution in [2.24, 2.45) is 0 Å². The van der Waals surface area contributed by atoms with Crippen molar-refractivity contribution in [2.75, 3.05) is 6.54 Å². The first-order valence-corrected chi connectivity index (χ1v) is 5.37. The van der Waals surface area contributed by atoms with Crippen LogP contribution in [0, 0.1) is 0 Å². The number of ether oxygens (including phenoxy) is 2. The zero-order valence-electron chi connectivity index (χ0n) is 9.40. The molecule has 86 valence electrons. The van der Waals surface area contributed by atoms with Gasteiger partial charge in [-0.2, -0.15) is 0 Å². The molecule has 1 unspecified atom stereocenters. The summed E-state index contributed by atoms with van der Waals surface area (Å²) in [5.41, 5.74) is 0.912. The summed E-state index contributed by atoms with van der Waals surface area (Å²) in [4.78, 5) is 11.0. The van der Waals surface area contributed by atoms with E-state index < -0.39 is 0 Å². The maximum absolute atomic E-state index is 11.0. The van der Waals surface area contributed by atoms with E-state index in [1.54, 1.807) is 0 Å². The van der Waals surface area contributed by atoms with Crippen LogP contribution < -0.4 is 10.1 Å². The van der Waals surface area contributed by atoms with Crippen LogP contribution in [0.4, 0.5) is 4.79 Å². The molecule has 1 aromatic rings. The second-order valence-electron chi connectivity index (χ2n) is 3.98. The number of nitrogens with one attached hydrogen (secondary N) is 1. The Morgan fingerprint density at radius 3 is 2.81 bits per heavy atom. The Balaban J connectivity index is 2.22. The van der Waals surface area contributed by atoms with Crippen molar-refractivity contribution < 1.29 is 14.3 Å². The van der Waals surface area contributed by atoms with Crippen molar-refractivity contribution in [1.29, 1.82) is 0 Å². The molecule has 0 aromatic heterocycles. The largest absolute Gasteiger partial charge is 0.491 e. The molecule has 2 rings (SSSR count). The summed E-state index contributed by atoms with van der Waals surface area (Å²) in [7, 11) is 0. The van der Waals surface area contributed by atoms with E-state index in [2.05, 4.69) is 5.32 Å². The molecule has 1 aliphatic heterocycles. The van der Waals surface area contributed by atoms with Crippen molar-refractivity contribution in [3.63, 3.8) is 0 Å². The van der Waals surface area contributed by atoms with Crippen LogP contribution in [0.5, 0.6) is 5.75 Å². The van der Waals surface area contributed by atoms with Gasteiger partial charge in [0.25, 0.3) is 0 Å². The summed E-state index contributed by atoms with van der Waals surface area (Å²) in [5, 5.41) is 2.63. The van der Waals surface area contributed by atoms with Gasteiger partial charge in [0.1, 0.15) is 11.9 Å². The molecule has 0 aliphatic carbocycles. The SMILES string of the molecule is CC(C)Oc1ccccc1C1CNC(=O)O1. The smallest absolute Gasteiger partial charge is 0.407 e. The number of para-hydroxylation sites is 1. The predicted molar refractivity (Wildman–Crippen MR) is 59.4 cm³/mol. The van der Waals surface area contributed by atoms with E-state index in [1.807, 2.05) is 38.1 Å². The average molecular weight is 221 g/mol. The monoisotopic (exact) mass is 221 g/mol. The molecular formula is C12H15NO3. The van der Waals surface area contributed by atoms with Gasteiger partial charge in [0.15, 0.2) is 0 Å². The van der Waals surface area contributed by atoms with Crippen LogP contribution in [-0.4, -0.2) is 18.7 Å². The first-order chi connectivity index (χ1) is 7.66. The zero-order valence-corrected chi connectivity index (χ0v) is 9.40. The number of carbonyl (C=O) groups excluding carboxylic acids is 1. The molecule has 4 nitrogen and oxygen atoms in total. The number of cyclic esters (lactones) is 1. The predicted octanol–water partition coefficient (Wildman–Crippen LogP) is 2.25. The van der Waals surface area contributed by atoms with E-state index in [0.717, 1.165) is 11.3 Å². The minimum atomic E-state index is -0.371. The third kappa shape index (κ3) is 2.27.